The minimum atomic E-state index is 0.423. The van der Waals surface area contributed by atoms with E-state index in [0.717, 1.165) is 23.2 Å². The van der Waals surface area contributed by atoms with Crippen LogP contribution in [-0.4, -0.2) is 21.8 Å². The van der Waals surface area contributed by atoms with Gasteiger partial charge in [-0.05, 0) is 55.5 Å². The van der Waals surface area contributed by atoms with E-state index in [-0.39, 0.29) is 0 Å². The van der Waals surface area contributed by atoms with Crippen LogP contribution in [0.1, 0.15) is 52.0 Å². The number of hydrogen-bond donors (Lipinski definition) is 1. The van der Waals surface area contributed by atoms with E-state index in [9.17, 15) is 0 Å². The number of nitrogens with two attached hydrogens (primary N) is 1. The molecule has 0 radical (unpaired) electrons. The SMILES string of the molecule is CCC(C)(C)C1CCC(CN)C(Sc2ncc(C)cn2)C1. The van der Waals surface area contributed by atoms with Crippen LogP contribution < -0.4 is 5.73 Å². The van der Waals surface area contributed by atoms with Crippen LogP contribution in [0, 0.1) is 24.2 Å². The molecule has 1 heterocycles. The average Bonchev–Trinajstić information content (AvgIpc) is 2.49. The van der Waals surface area contributed by atoms with Gasteiger partial charge in [-0.2, -0.15) is 0 Å². The summed E-state index contributed by atoms with van der Waals surface area (Å²) in [6.45, 7) is 9.93. The maximum Gasteiger partial charge on any atom is 0.187 e. The monoisotopic (exact) mass is 307 g/mol. The summed E-state index contributed by atoms with van der Waals surface area (Å²) in [4.78, 5) is 8.92. The Balaban J connectivity index is 2.08. The van der Waals surface area contributed by atoms with Crippen molar-refractivity contribution in [1.82, 2.24) is 9.97 Å². The molecule has 0 bridgehead atoms. The largest absolute Gasteiger partial charge is 0.330 e. The molecule has 1 aliphatic carbocycles. The summed E-state index contributed by atoms with van der Waals surface area (Å²) in [6.07, 6.45) is 8.85. The summed E-state index contributed by atoms with van der Waals surface area (Å²) in [5.41, 5.74) is 7.54. The zero-order valence-corrected chi connectivity index (χ0v) is 14.6. The zero-order valence-electron chi connectivity index (χ0n) is 13.8. The summed E-state index contributed by atoms with van der Waals surface area (Å²) in [5, 5.41) is 1.46. The Morgan fingerprint density at radius 3 is 2.52 bits per heavy atom. The highest BCUT2D eigenvalue weighted by Crippen LogP contribution is 2.46. The molecule has 1 aromatic rings. The molecule has 2 rings (SSSR count). The van der Waals surface area contributed by atoms with Gasteiger partial charge in [-0.1, -0.05) is 39.0 Å². The molecule has 1 aliphatic rings. The first-order chi connectivity index (χ1) is 9.96. The van der Waals surface area contributed by atoms with Crippen LogP contribution in [0.4, 0.5) is 0 Å². The van der Waals surface area contributed by atoms with E-state index >= 15 is 0 Å². The Labute approximate surface area is 133 Å². The smallest absolute Gasteiger partial charge is 0.187 e. The Hall–Kier alpha value is -0.610. The van der Waals surface area contributed by atoms with Crippen LogP contribution >= 0.6 is 11.8 Å². The van der Waals surface area contributed by atoms with Gasteiger partial charge in [0.15, 0.2) is 5.16 Å². The summed E-state index contributed by atoms with van der Waals surface area (Å²) in [6, 6.07) is 0. The number of thioether (sulfide) groups is 1. The van der Waals surface area contributed by atoms with Crippen molar-refractivity contribution in [3.05, 3.63) is 18.0 Å². The molecule has 2 N–H and O–H groups in total. The molecule has 0 saturated heterocycles. The summed E-state index contributed by atoms with van der Waals surface area (Å²) in [5.74, 6) is 1.39. The molecule has 4 heteroatoms. The molecule has 1 aromatic heterocycles. The highest BCUT2D eigenvalue weighted by Gasteiger charge is 2.37. The molecule has 1 fully saturated rings. The summed E-state index contributed by atoms with van der Waals surface area (Å²) < 4.78 is 0. The van der Waals surface area contributed by atoms with Gasteiger partial charge in [-0.15, -0.1) is 0 Å². The van der Waals surface area contributed by atoms with E-state index in [1.807, 2.05) is 31.1 Å². The van der Waals surface area contributed by atoms with Gasteiger partial charge in [0, 0.05) is 17.6 Å². The number of aryl methyl sites for hydroxylation is 1. The van der Waals surface area contributed by atoms with Crippen LogP contribution in [-0.2, 0) is 0 Å². The van der Waals surface area contributed by atoms with Crippen molar-refractivity contribution < 1.29 is 0 Å². The topological polar surface area (TPSA) is 51.8 Å². The highest BCUT2D eigenvalue weighted by molar-refractivity contribution is 7.99. The van der Waals surface area contributed by atoms with Crippen molar-refractivity contribution >= 4 is 11.8 Å². The predicted molar refractivity (Wildman–Crippen MR) is 90.4 cm³/mol. The molecular weight excluding hydrogens is 278 g/mol. The molecule has 0 spiro atoms. The predicted octanol–water partition coefficient (Wildman–Crippen LogP) is 4.06. The second-order valence-electron chi connectivity index (χ2n) is 7.05. The van der Waals surface area contributed by atoms with Crippen LogP contribution in [0.2, 0.25) is 0 Å². The van der Waals surface area contributed by atoms with Gasteiger partial charge in [-0.3, -0.25) is 0 Å². The van der Waals surface area contributed by atoms with Gasteiger partial charge in [0.05, 0.1) is 0 Å². The van der Waals surface area contributed by atoms with E-state index in [1.165, 1.54) is 25.7 Å². The third-order valence-electron chi connectivity index (χ3n) is 5.26. The molecular formula is C17H29N3S. The van der Waals surface area contributed by atoms with E-state index in [2.05, 4.69) is 30.7 Å². The van der Waals surface area contributed by atoms with Crippen molar-refractivity contribution in [2.24, 2.45) is 23.0 Å². The number of nitrogens with zero attached hydrogens (tertiary/aromatic N) is 2. The fraction of sp³-hybridized carbons (Fsp3) is 0.765. The lowest BCUT2D eigenvalue weighted by Crippen LogP contribution is -2.37. The first kappa shape index (κ1) is 16.8. The average molecular weight is 308 g/mol. The molecule has 118 valence electrons. The van der Waals surface area contributed by atoms with Gasteiger partial charge >= 0.3 is 0 Å². The first-order valence-corrected chi connectivity index (χ1v) is 8.99. The van der Waals surface area contributed by atoms with Crippen LogP contribution in [0.15, 0.2) is 17.6 Å². The van der Waals surface area contributed by atoms with Gasteiger partial charge in [0.2, 0.25) is 0 Å². The van der Waals surface area contributed by atoms with Crippen LogP contribution in [0.5, 0.6) is 0 Å². The first-order valence-electron chi connectivity index (χ1n) is 8.11. The lowest BCUT2D eigenvalue weighted by Gasteiger charge is -2.42. The van der Waals surface area contributed by atoms with E-state index < -0.39 is 0 Å². The standard InChI is InChI=1S/C17H29N3S/c1-5-17(3,4)14-7-6-13(9-18)15(8-14)21-16-19-10-12(2)11-20-16/h10-11,13-15H,5-9,18H2,1-4H3. The molecule has 0 aliphatic heterocycles. The van der Waals surface area contributed by atoms with Crippen molar-refractivity contribution in [3.8, 4) is 0 Å². The lowest BCUT2D eigenvalue weighted by molar-refractivity contribution is 0.134. The van der Waals surface area contributed by atoms with Crippen LogP contribution in [0.3, 0.4) is 0 Å². The van der Waals surface area contributed by atoms with Crippen molar-refractivity contribution in [1.29, 1.82) is 0 Å². The molecule has 0 amide bonds. The van der Waals surface area contributed by atoms with Crippen molar-refractivity contribution in [3.63, 3.8) is 0 Å². The molecule has 21 heavy (non-hydrogen) atoms. The summed E-state index contributed by atoms with van der Waals surface area (Å²) in [7, 11) is 0. The second kappa shape index (κ2) is 7.10. The molecule has 3 atom stereocenters. The second-order valence-corrected chi connectivity index (χ2v) is 8.25. The third-order valence-corrected chi connectivity index (χ3v) is 6.56. The van der Waals surface area contributed by atoms with Gasteiger partial charge in [-0.25, -0.2) is 9.97 Å². The third kappa shape index (κ3) is 4.19. The van der Waals surface area contributed by atoms with E-state index in [4.69, 9.17) is 5.73 Å². The highest BCUT2D eigenvalue weighted by atomic mass is 32.2. The zero-order chi connectivity index (χ0) is 15.5. The minimum absolute atomic E-state index is 0.423. The van der Waals surface area contributed by atoms with Gasteiger partial charge in [0.25, 0.3) is 0 Å². The Kier molecular flexibility index (Phi) is 5.67. The Morgan fingerprint density at radius 1 is 1.29 bits per heavy atom. The fourth-order valence-electron chi connectivity index (χ4n) is 3.18. The molecule has 1 saturated carbocycles. The maximum absolute atomic E-state index is 6.00. The molecule has 0 aromatic carbocycles. The van der Waals surface area contributed by atoms with E-state index in [0.29, 0.717) is 16.6 Å². The number of hydrogen-bond acceptors (Lipinski definition) is 4. The Morgan fingerprint density at radius 2 is 1.95 bits per heavy atom. The fourth-order valence-corrected chi connectivity index (χ4v) is 4.45. The number of aromatic nitrogens is 2. The van der Waals surface area contributed by atoms with Crippen LogP contribution in [0.25, 0.3) is 0 Å². The van der Waals surface area contributed by atoms with Crippen molar-refractivity contribution in [2.75, 3.05) is 6.54 Å². The van der Waals surface area contributed by atoms with E-state index in [1.54, 1.807) is 0 Å². The summed E-state index contributed by atoms with van der Waals surface area (Å²) >= 11 is 1.83. The van der Waals surface area contributed by atoms with Gasteiger partial charge < -0.3 is 5.73 Å². The normalized spacial score (nSPS) is 26.8. The van der Waals surface area contributed by atoms with Gasteiger partial charge in [0.1, 0.15) is 0 Å². The number of rotatable bonds is 5. The molecule has 3 unspecified atom stereocenters. The Bertz CT molecular complexity index is 444. The van der Waals surface area contributed by atoms with Crippen molar-refractivity contribution in [2.45, 2.75) is 63.8 Å². The maximum atomic E-state index is 6.00. The lowest BCUT2D eigenvalue weighted by atomic mass is 9.67. The molecule has 3 nitrogen and oxygen atoms in total. The quantitative estimate of drug-likeness (QED) is 0.834. The minimum Gasteiger partial charge on any atom is -0.330 e.